The summed E-state index contributed by atoms with van der Waals surface area (Å²) in [5.41, 5.74) is 2.45. The van der Waals surface area contributed by atoms with Gasteiger partial charge in [0.25, 0.3) is 5.56 Å². The lowest BCUT2D eigenvalue weighted by Gasteiger charge is -2.09. The molecule has 0 aliphatic rings. The van der Waals surface area contributed by atoms with Gasteiger partial charge in [0.15, 0.2) is 0 Å². The SMILES string of the molecule is COc1ccccc1Cc1ccc(Cc2ncc[n-]2)c(=O)[nH]1. The quantitative estimate of drug-likeness (QED) is 0.780. The summed E-state index contributed by atoms with van der Waals surface area (Å²) >= 11 is 0. The second-order valence-corrected chi connectivity index (χ2v) is 4.98. The van der Waals surface area contributed by atoms with Crippen LogP contribution in [0, 0.1) is 0 Å². The number of pyridine rings is 1. The highest BCUT2D eigenvalue weighted by atomic mass is 16.5. The molecule has 0 saturated heterocycles. The maximum atomic E-state index is 12.2. The number of nitrogens with zero attached hydrogens (tertiary/aromatic N) is 2. The van der Waals surface area contributed by atoms with Gasteiger partial charge in [-0.05, 0) is 24.1 Å². The molecule has 3 aromatic rings. The van der Waals surface area contributed by atoms with Crippen molar-refractivity contribution in [3.63, 3.8) is 0 Å². The van der Waals surface area contributed by atoms with Crippen molar-refractivity contribution in [2.75, 3.05) is 7.11 Å². The van der Waals surface area contributed by atoms with E-state index in [1.54, 1.807) is 19.5 Å². The van der Waals surface area contributed by atoms with E-state index in [0.717, 1.165) is 17.0 Å². The largest absolute Gasteiger partial charge is 0.496 e. The standard InChI is InChI=1S/C17H17N3O2/c1-22-15-5-3-2-4-12(15)10-14-7-6-13(17(21)20-14)11-16-18-8-9-19-16/h2-9H,10-11H2,1H3,(H2,18,19,20,21)/p-1. The number of H-pyrrole nitrogens is 1. The minimum absolute atomic E-state index is 0.0998. The Hall–Kier alpha value is -2.82. The number of aromatic nitrogens is 3. The molecule has 0 aliphatic carbocycles. The molecule has 1 aromatic carbocycles. The van der Waals surface area contributed by atoms with Gasteiger partial charge in [-0.25, -0.2) is 0 Å². The van der Waals surface area contributed by atoms with Crippen molar-refractivity contribution in [2.24, 2.45) is 0 Å². The van der Waals surface area contributed by atoms with Crippen molar-refractivity contribution in [3.05, 3.63) is 81.8 Å². The van der Waals surface area contributed by atoms with Crippen LogP contribution in [0.1, 0.15) is 22.6 Å². The summed E-state index contributed by atoms with van der Waals surface area (Å²) in [7, 11) is 1.64. The second-order valence-electron chi connectivity index (χ2n) is 4.98. The molecule has 1 N–H and O–H groups in total. The normalized spacial score (nSPS) is 10.6. The number of methoxy groups -OCH3 is 1. The molecule has 3 rings (SSSR count). The summed E-state index contributed by atoms with van der Waals surface area (Å²) in [6, 6.07) is 11.5. The number of aromatic amines is 1. The first-order valence-electron chi connectivity index (χ1n) is 7.02. The third-order valence-corrected chi connectivity index (χ3v) is 3.49. The fourth-order valence-electron chi connectivity index (χ4n) is 2.37. The van der Waals surface area contributed by atoms with E-state index in [9.17, 15) is 4.79 Å². The predicted octanol–water partition coefficient (Wildman–Crippen LogP) is 1.92. The maximum absolute atomic E-state index is 12.2. The van der Waals surface area contributed by atoms with Gasteiger partial charge in [-0.1, -0.05) is 42.5 Å². The van der Waals surface area contributed by atoms with Gasteiger partial charge in [0.1, 0.15) is 5.75 Å². The average molecular weight is 294 g/mol. The Morgan fingerprint density at radius 3 is 2.73 bits per heavy atom. The maximum Gasteiger partial charge on any atom is 0.251 e. The van der Waals surface area contributed by atoms with Gasteiger partial charge in [0, 0.05) is 17.7 Å². The van der Waals surface area contributed by atoms with Gasteiger partial charge in [-0.15, -0.1) is 0 Å². The first kappa shape index (κ1) is 14.1. The Kier molecular flexibility index (Phi) is 4.05. The molecular weight excluding hydrogens is 278 g/mol. The van der Waals surface area contributed by atoms with Crippen molar-refractivity contribution in [2.45, 2.75) is 12.8 Å². The number of nitrogens with one attached hydrogen (secondary N) is 1. The summed E-state index contributed by atoms with van der Waals surface area (Å²) < 4.78 is 5.33. The van der Waals surface area contributed by atoms with Crippen LogP contribution in [0.3, 0.4) is 0 Å². The molecule has 5 nitrogen and oxygen atoms in total. The fourth-order valence-corrected chi connectivity index (χ4v) is 2.37. The van der Waals surface area contributed by atoms with Gasteiger partial charge in [0.05, 0.1) is 7.11 Å². The van der Waals surface area contributed by atoms with Crippen molar-refractivity contribution < 1.29 is 4.74 Å². The molecule has 0 bridgehead atoms. The van der Waals surface area contributed by atoms with Gasteiger partial charge >= 0.3 is 0 Å². The molecule has 2 heterocycles. The van der Waals surface area contributed by atoms with Crippen LogP contribution in [0.15, 0.2) is 53.6 Å². The molecule has 112 valence electrons. The minimum atomic E-state index is -0.0998. The molecule has 22 heavy (non-hydrogen) atoms. The molecule has 0 aliphatic heterocycles. The summed E-state index contributed by atoms with van der Waals surface area (Å²) in [5.74, 6) is 1.47. The van der Waals surface area contributed by atoms with Crippen molar-refractivity contribution >= 4 is 0 Å². The van der Waals surface area contributed by atoms with Crippen LogP contribution < -0.4 is 15.3 Å². The highest BCUT2D eigenvalue weighted by molar-refractivity contribution is 5.36. The highest BCUT2D eigenvalue weighted by Crippen LogP contribution is 2.19. The highest BCUT2D eigenvalue weighted by Gasteiger charge is 2.06. The van der Waals surface area contributed by atoms with Gasteiger partial charge in [-0.2, -0.15) is 0 Å². The number of hydrogen-bond donors (Lipinski definition) is 1. The van der Waals surface area contributed by atoms with E-state index in [1.807, 2.05) is 36.4 Å². The molecule has 5 heteroatoms. The lowest BCUT2D eigenvalue weighted by atomic mass is 10.1. The molecule has 0 atom stereocenters. The van der Waals surface area contributed by atoms with Crippen molar-refractivity contribution in [1.82, 2.24) is 15.0 Å². The lowest BCUT2D eigenvalue weighted by molar-refractivity contribution is 0.410. The zero-order valence-electron chi connectivity index (χ0n) is 12.2. The first-order valence-corrected chi connectivity index (χ1v) is 7.02. The van der Waals surface area contributed by atoms with E-state index < -0.39 is 0 Å². The topological polar surface area (TPSA) is 69.1 Å². The van der Waals surface area contributed by atoms with E-state index >= 15 is 0 Å². The Labute approximate surface area is 128 Å². The van der Waals surface area contributed by atoms with E-state index in [0.29, 0.717) is 24.2 Å². The Balaban J connectivity index is 1.81. The van der Waals surface area contributed by atoms with Gasteiger partial charge in [-0.3, -0.25) is 4.79 Å². The number of hydrogen-bond acceptors (Lipinski definition) is 3. The Bertz CT molecular complexity index is 807. The number of para-hydroxylation sites is 1. The third kappa shape index (κ3) is 3.09. The first-order chi connectivity index (χ1) is 10.8. The van der Waals surface area contributed by atoms with Crippen LogP contribution >= 0.6 is 0 Å². The minimum Gasteiger partial charge on any atom is -0.496 e. The zero-order chi connectivity index (χ0) is 15.4. The number of ether oxygens (including phenoxy) is 1. The average Bonchev–Trinajstić information content (AvgIpc) is 3.04. The third-order valence-electron chi connectivity index (χ3n) is 3.49. The molecule has 2 aromatic heterocycles. The summed E-state index contributed by atoms with van der Waals surface area (Å²) in [6.07, 6.45) is 4.31. The number of rotatable bonds is 5. The van der Waals surface area contributed by atoms with Crippen LogP contribution in [0.5, 0.6) is 5.75 Å². The van der Waals surface area contributed by atoms with Gasteiger partial charge < -0.3 is 19.7 Å². The summed E-state index contributed by atoms with van der Waals surface area (Å²) in [6.45, 7) is 0. The van der Waals surface area contributed by atoms with Crippen molar-refractivity contribution in [1.29, 1.82) is 0 Å². The smallest absolute Gasteiger partial charge is 0.251 e. The fraction of sp³-hybridized carbons (Fsp3) is 0.176. The Morgan fingerprint density at radius 2 is 2.00 bits per heavy atom. The molecule has 0 unspecified atom stereocenters. The van der Waals surface area contributed by atoms with Crippen LogP contribution in [-0.2, 0) is 12.8 Å². The summed E-state index contributed by atoms with van der Waals surface area (Å²) in [4.78, 5) is 23.3. The van der Waals surface area contributed by atoms with E-state index in [-0.39, 0.29) is 5.56 Å². The van der Waals surface area contributed by atoms with Crippen LogP contribution in [-0.4, -0.2) is 17.1 Å². The van der Waals surface area contributed by atoms with Gasteiger partial charge in [0.2, 0.25) is 0 Å². The summed E-state index contributed by atoms with van der Waals surface area (Å²) in [5, 5.41) is 0. The predicted molar refractivity (Wildman–Crippen MR) is 83.2 cm³/mol. The molecule has 0 fully saturated rings. The monoisotopic (exact) mass is 294 g/mol. The molecular formula is C17H16N3O2-. The van der Waals surface area contributed by atoms with Crippen LogP contribution in [0.4, 0.5) is 0 Å². The van der Waals surface area contributed by atoms with E-state index in [4.69, 9.17) is 4.74 Å². The van der Waals surface area contributed by atoms with Crippen LogP contribution in [0.2, 0.25) is 0 Å². The zero-order valence-corrected chi connectivity index (χ0v) is 12.2. The lowest BCUT2D eigenvalue weighted by Crippen LogP contribution is -2.15. The Morgan fingerprint density at radius 1 is 1.14 bits per heavy atom. The number of imidazole rings is 1. The van der Waals surface area contributed by atoms with E-state index in [2.05, 4.69) is 15.0 Å². The van der Waals surface area contributed by atoms with Crippen molar-refractivity contribution in [3.8, 4) is 5.75 Å². The second kappa shape index (κ2) is 6.30. The molecule has 0 amide bonds. The van der Waals surface area contributed by atoms with Crippen LogP contribution in [0.25, 0.3) is 0 Å². The van der Waals surface area contributed by atoms with E-state index in [1.165, 1.54) is 0 Å². The molecule has 0 saturated carbocycles. The molecule has 0 spiro atoms. The molecule has 0 radical (unpaired) electrons. The number of benzene rings is 1.